The van der Waals surface area contributed by atoms with Crippen molar-refractivity contribution in [3.63, 3.8) is 0 Å². The topological polar surface area (TPSA) is 49.2 Å². The van der Waals surface area contributed by atoms with Crippen molar-refractivity contribution >= 4 is 12.4 Å². The van der Waals surface area contributed by atoms with E-state index in [1.807, 2.05) is 6.20 Å². The minimum Gasteiger partial charge on any atom is -0.396 e. The molecule has 1 aliphatic heterocycles. The van der Waals surface area contributed by atoms with Crippen LogP contribution in [0.5, 0.6) is 0 Å². The monoisotopic (exact) mass is 257 g/mol. The lowest BCUT2D eigenvalue weighted by Gasteiger charge is -2.35. The molecule has 2 unspecified atom stereocenters. The first kappa shape index (κ1) is 14.4. The molecular formula is C12H20ClN3O. The van der Waals surface area contributed by atoms with Crippen molar-refractivity contribution in [2.45, 2.75) is 25.8 Å². The standard InChI is InChI=1S/C12H19N3O.ClH/c1-10(12-7-13-4-5-14-12)15-6-2-3-11(8-15)9-16;/h4-5,7,10-11,16H,2-3,6,8-9H2,1H3;1H. The molecule has 2 rings (SSSR count). The highest BCUT2D eigenvalue weighted by Gasteiger charge is 2.24. The minimum atomic E-state index is 0. The SMILES string of the molecule is CC(c1cnccn1)N1CCCC(CO)C1.Cl. The molecular weight excluding hydrogens is 238 g/mol. The maximum atomic E-state index is 9.21. The zero-order valence-electron chi connectivity index (χ0n) is 10.1. The second-order valence-corrected chi connectivity index (χ2v) is 4.49. The van der Waals surface area contributed by atoms with Gasteiger partial charge in [0.25, 0.3) is 0 Å². The van der Waals surface area contributed by atoms with Gasteiger partial charge in [0.15, 0.2) is 0 Å². The molecule has 1 fully saturated rings. The summed E-state index contributed by atoms with van der Waals surface area (Å²) in [6.45, 7) is 4.51. The Labute approximate surface area is 108 Å². The van der Waals surface area contributed by atoms with Gasteiger partial charge in [0.2, 0.25) is 0 Å². The van der Waals surface area contributed by atoms with Gasteiger partial charge in [-0.2, -0.15) is 0 Å². The average Bonchev–Trinajstić information content (AvgIpc) is 2.39. The largest absolute Gasteiger partial charge is 0.396 e. The normalized spacial score (nSPS) is 22.8. The van der Waals surface area contributed by atoms with Crippen LogP contribution in [0.4, 0.5) is 0 Å². The second-order valence-electron chi connectivity index (χ2n) is 4.49. The average molecular weight is 258 g/mol. The summed E-state index contributed by atoms with van der Waals surface area (Å²) in [5.74, 6) is 0.424. The number of piperidine rings is 1. The maximum Gasteiger partial charge on any atom is 0.0755 e. The van der Waals surface area contributed by atoms with Crippen molar-refractivity contribution in [1.82, 2.24) is 14.9 Å². The number of aliphatic hydroxyl groups is 1. The fraction of sp³-hybridized carbons (Fsp3) is 0.667. The lowest BCUT2D eigenvalue weighted by molar-refractivity contribution is 0.0920. The molecule has 1 aromatic heterocycles. The summed E-state index contributed by atoms with van der Waals surface area (Å²) in [6.07, 6.45) is 7.56. The van der Waals surface area contributed by atoms with Crippen molar-refractivity contribution < 1.29 is 5.11 Å². The van der Waals surface area contributed by atoms with Crippen LogP contribution in [0.2, 0.25) is 0 Å². The summed E-state index contributed by atoms with van der Waals surface area (Å²) in [5, 5.41) is 9.21. The molecule has 96 valence electrons. The number of hydrogen-bond donors (Lipinski definition) is 1. The molecule has 0 spiro atoms. The van der Waals surface area contributed by atoms with E-state index in [0.29, 0.717) is 18.6 Å². The van der Waals surface area contributed by atoms with E-state index in [1.165, 1.54) is 0 Å². The van der Waals surface area contributed by atoms with E-state index >= 15 is 0 Å². The molecule has 2 heterocycles. The smallest absolute Gasteiger partial charge is 0.0755 e. The predicted octanol–water partition coefficient (Wildman–Crippen LogP) is 1.66. The van der Waals surface area contributed by atoms with Crippen molar-refractivity contribution in [3.8, 4) is 0 Å². The summed E-state index contributed by atoms with van der Waals surface area (Å²) in [5.41, 5.74) is 1.01. The van der Waals surface area contributed by atoms with E-state index < -0.39 is 0 Å². The van der Waals surface area contributed by atoms with Gasteiger partial charge in [-0.3, -0.25) is 14.9 Å². The Bertz CT molecular complexity index is 323. The summed E-state index contributed by atoms with van der Waals surface area (Å²) in [4.78, 5) is 10.8. The molecule has 1 aliphatic rings. The molecule has 0 aromatic carbocycles. The van der Waals surface area contributed by atoms with Gasteiger partial charge in [-0.05, 0) is 32.2 Å². The Kier molecular flexibility index (Phi) is 5.82. The van der Waals surface area contributed by atoms with Crippen LogP contribution in [0.1, 0.15) is 31.5 Å². The fourth-order valence-corrected chi connectivity index (χ4v) is 2.31. The van der Waals surface area contributed by atoms with E-state index in [9.17, 15) is 5.11 Å². The van der Waals surface area contributed by atoms with Crippen LogP contribution in [0.25, 0.3) is 0 Å². The fourth-order valence-electron chi connectivity index (χ4n) is 2.31. The van der Waals surface area contributed by atoms with E-state index in [4.69, 9.17) is 0 Å². The lowest BCUT2D eigenvalue weighted by atomic mass is 9.97. The van der Waals surface area contributed by atoms with Gasteiger partial charge in [0, 0.05) is 31.7 Å². The van der Waals surface area contributed by atoms with E-state index in [-0.39, 0.29) is 12.4 Å². The first-order valence-electron chi connectivity index (χ1n) is 5.92. The Morgan fingerprint density at radius 3 is 3.00 bits per heavy atom. The van der Waals surface area contributed by atoms with Gasteiger partial charge in [-0.25, -0.2) is 0 Å². The highest BCUT2D eigenvalue weighted by molar-refractivity contribution is 5.85. The molecule has 0 saturated carbocycles. The van der Waals surface area contributed by atoms with Crippen LogP contribution >= 0.6 is 12.4 Å². The van der Waals surface area contributed by atoms with Gasteiger partial charge in [0.05, 0.1) is 11.7 Å². The first-order valence-corrected chi connectivity index (χ1v) is 5.92. The predicted molar refractivity (Wildman–Crippen MR) is 69.1 cm³/mol. The van der Waals surface area contributed by atoms with Gasteiger partial charge < -0.3 is 5.11 Å². The molecule has 5 heteroatoms. The molecule has 0 amide bonds. The van der Waals surface area contributed by atoms with Crippen LogP contribution < -0.4 is 0 Å². The molecule has 2 atom stereocenters. The second kappa shape index (κ2) is 6.89. The number of aliphatic hydroxyl groups excluding tert-OH is 1. The summed E-state index contributed by atoms with van der Waals surface area (Å²) >= 11 is 0. The Morgan fingerprint density at radius 1 is 1.53 bits per heavy atom. The van der Waals surface area contributed by atoms with Gasteiger partial charge in [-0.1, -0.05) is 0 Å². The van der Waals surface area contributed by atoms with E-state index in [1.54, 1.807) is 12.4 Å². The Hall–Kier alpha value is -0.710. The minimum absolute atomic E-state index is 0. The quantitative estimate of drug-likeness (QED) is 0.895. The van der Waals surface area contributed by atoms with Crippen molar-refractivity contribution in [2.75, 3.05) is 19.7 Å². The summed E-state index contributed by atoms with van der Waals surface area (Å²) in [6, 6.07) is 0.294. The molecule has 1 N–H and O–H groups in total. The maximum absolute atomic E-state index is 9.21. The van der Waals surface area contributed by atoms with Crippen LogP contribution in [0.15, 0.2) is 18.6 Å². The first-order chi connectivity index (χ1) is 7.81. The van der Waals surface area contributed by atoms with Crippen molar-refractivity contribution in [2.24, 2.45) is 5.92 Å². The molecule has 1 saturated heterocycles. The van der Waals surface area contributed by atoms with Gasteiger partial charge >= 0.3 is 0 Å². The van der Waals surface area contributed by atoms with Crippen molar-refractivity contribution in [1.29, 1.82) is 0 Å². The number of hydrogen-bond acceptors (Lipinski definition) is 4. The Balaban J connectivity index is 0.00000144. The van der Waals surface area contributed by atoms with Crippen molar-refractivity contribution in [3.05, 3.63) is 24.3 Å². The number of rotatable bonds is 3. The highest BCUT2D eigenvalue weighted by Crippen LogP contribution is 2.24. The number of likely N-dealkylation sites (tertiary alicyclic amines) is 1. The molecule has 1 aromatic rings. The zero-order chi connectivity index (χ0) is 11.4. The van der Waals surface area contributed by atoms with Crippen LogP contribution in [0, 0.1) is 5.92 Å². The summed E-state index contributed by atoms with van der Waals surface area (Å²) in [7, 11) is 0. The Morgan fingerprint density at radius 2 is 2.35 bits per heavy atom. The van der Waals surface area contributed by atoms with Gasteiger partial charge in [0.1, 0.15) is 0 Å². The van der Waals surface area contributed by atoms with Crippen LogP contribution in [0.3, 0.4) is 0 Å². The third kappa shape index (κ3) is 3.63. The highest BCUT2D eigenvalue weighted by atomic mass is 35.5. The molecule has 0 radical (unpaired) electrons. The van der Waals surface area contributed by atoms with E-state index in [2.05, 4.69) is 21.8 Å². The molecule has 4 nitrogen and oxygen atoms in total. The van der Waals surface area contributed by atoms with E-state index in [0.717, 1.165) is 31.6 Å². The number of aromatic nitrogens is 2. The van der Waals surface area contributed by atoms with Crippen LogP contribution in [-0.4, -0.2) is 39.7 Å². The lowest BCUT2D eigenvalue weighted by Crippen LogP contribution is -2.38. The van der Waals surface area contributed by atoms with Crippen LogP contribution in [-0.2, 0) is 0 Å². The number of nitrogens with zero attached hydrogens (tertiary/aromatic N) is 3. The molecule has 0 bridgehead atoms. The third-order valence-electron chi connectivity index (χ3n) is 3.37. The summed E-state index contributed by atoms with van der Waals surface area (Å²) < 4.78 is 0. The molecule has 17 heavy (non-hydrogen) atoms. The van der Waals surface area contributed by atoms with Gasteiger partial charge in [-0.15, -0.1) is 12.4 Å². The third-order valence-corrected chi connectivity index (χ3v) is 3.37. The number of halogens is 1. The molecule has 0 aliphatic carbocycles. The zero-order valence-corrected chi connectivity index (χ0v) is 10.9.